The summed E-state index contributed by atoms with van der Waals surface area (Å²) in [6, 6.07) is 6.82. The molecule has 0 bridgehead atoms. The van der Waals surface area contributed by atoms with Crippen molar-refractivity contribution in [1.82, 2.24) is 25.0 Å². The number of nitrogens with zero attached hydrogens (tertiary/aromatic N) is 6. The monoisotopic (exact) mass is 460 g/mol. The Balaban J connectivity index is 1.28. The van der Waals surface area contributed by atoms with E-state index in [9.17, 15) is 13.2 Å². The first kappa shape index (κ1) is 20.8. The van der Waals surface area contributed by atoms with Gasteiger partial charge in [-0.1, -0.05) is 17.3 Å². The smallest absolute Gasteiger partial charge is 0.353 e. The van der Waals surface area contributed by atoms with Crippen molar-refractivity contribution in [3.63, 3.8) is 0 Å². The molecule has 1 aliphatic rings. The van der Waals surface area contributed by atoms with E-state index in [-0.39, 0.29) is 17.4 Å². The predicted octanol–water partition coefficient (Wildman–Crippen LogP) is 4.64. The molecule has 11 heteroatoms. The molecule has 166 valence electrons. The van der Waals surface area contributed by atoms with Crippen LogP contribution in [0.15, 0.2) is 46.6 Å². The van der Waals surface area contributed by atoms with Crippen molar-refractivity contribution in [2.45, 2.75) is 19.1 Å². The molecule has 4 heterocycles. The molecule has 1 fully saturated rings. The lowest BCUT2D eigenvalue weighted by Gasteiger charge is -2.37. The van der Waals surface area contributed by atoms with Crippen molar-refractivity contribution < 1.29 is 17.7 Å². The molecule has 0 saturated carbocycles. The van der Waals surface area contributed by atoms with Crippen LogP contribution in [-0.4, -0.2) is 51.2 Å². The summed E-state index contributed by atoms with van der Waals surface area (Å²) < 4.78 is 44.4. The third-order valence-electron chi connectivity index (χ3n) is 5.65. The highest BCUT2D eigenvalue weighted by Crippen LogP contribution is 2.32. The van der Waals surface area contributed by atoms with E-state index in [4.69, 9.17) is 4.52 Å². The minimum absolute atomic E-state index is 0.150. The average Bonchev–Trinajstić information content (AvgIpc) is 3.48. The third-order valence-corrected chi connectivity index (χ3v) is 6.47. The number of anilines is 1. The summed E-state index contributed by atoms with van der Waals surface area (Å²) in [7, 11) is 0. The van der Waals surface area contributed by atoms with E-state index in [2.05, 4.69) is 29.9 Å². The molecule has 1 atom stereocenters. The minimum atomic E-state index is -4.42. The molecule has 32 heavy (non-hydrogen) atoms. The molecule has 0 N–H and O–H groups in total. The molecule has 0 spiro atoms. The second-order valence-electron chi connectivity index (χ2n) is 7.57. The van der Waals surface area contributed by atoms with E-state index in [1.54, 1.807) is 23.7 Å². The fourth-order valence-corrected chi connectivity index (χ4v) is 4.59. The molecule has 3 aromatic heterocycles. The van der Waals surface area contributed by atoms with Crippen molar-refractivity contribution in [3.05, 3.63) is 53.5 Å². The van der Waals surface area contributed by atoms with Gasteiger partial charge in [0.1, 0.15) is 17.0 Å². The second-order valence-corrected chi connectivity index (χ2v) is 8.47. The normalized spacial score (nSPS) is 16.6. The number of aromatic nitrogens is 4. The van der Waals surface area contributed by atoms with Gasteiger partial charge in [0.25, 0.3) is 0 Å². The van der Waals surface area contributed by atoms with Gasteiger partial charge in [-0.2, -0.15) is 18.2 Å². The summed E-state index contributed by atoms with van der Waals surface area (Å²) in [4.78, 5) is 18.6. The topological polar surface area (TPSA) is 71.2 Å². The highest BCUT2D eigenvalue weighted by atomic mass is 32.1. The van der Waals surface area contributed by atoms with Crippen LogP contribution in [0.3, 0.4) is 0 Å². The molecule has 1 saturated heterocycles. The summed E-state index contributed by atoms with van der Waals surface area (Å²) in [5.74, 6) is 1.47. The largest absolute Gasteiger partial charge is 0.416 e. The quantitative estimate of drug-likeness (QED) is 0.439. The molecule has 0 unspecified atom stereocenters. The number of thiophene rings is 1. The number of rotatable bonds is 4. The van der Waals surface area contributed by atoms with Crippen molar-refractivity contribution in [1.29, 1.82) is 0 Å². The van der Waals surface area contributed by atoms with Crippen molar-refractivity contribution in [2.24, 2.45) is 0 Å². The Bertz CT molecular complexity index is 1230. The van der Waals surface area contributed by atoms with Gasteiger partial charge in [0, 0.05) is 31.7 Å². The van der Waals surface area contributed by atoms with Gasteiger partial charge in [0.05, 0.1) is 17.0 Å². The first-order valence-electron chi connectivity index (χ1n) is 10.1. The number of benzene rings is 1. The van der Waals surface area contributed by atoms with Crippen molar-refractivity contribution >= 4 is 27.4 Å². The summed E-state index contributed by atoms with van der Waals surface area (Å²) in [6.45, 7) is 5.04. The van der Waals surface area contributed by atoms with Crippen LogP contribution in [0.2, 0.25) is 0 Å². The third kappa shape index (κ3) is 3.93. The highest BCUT2D eigenvalue weighted by Gasteiger charge is 2.31. The Morgan fingerprint density at radius 2 is 1.91 bits per heavy atom. The van der Waals surface area contributed by atoms with E-state index in [1.807, 2.05) is 18.4 Å². The fraction of sp³-hybridized carbons (Fsp3) is 0.333. The maximum atomic E-state index is 13.0. The average molecular weight is 460 g/mol. The number of fused-ring (bicyclic) bond motifs is 1. The number of hydrogen-bond acceptors (Lipinski definition) is 8. The maximum absolute atomic E-state index is 13.0. The van der Waals surface area contributed by atoms with Crippen LogP contribution >= 0.6 is 11.3 Å². The van der Waals surface area contributed by atoms with Gasteiger partial charge in [-0.05, 0) is 30.5 Å². The van der Waals surface area contributed by atoms with Crippen LogP contribution in [0.1, 0.15) is 24.4 Å². The molecule has 0 radical (unpaired) electrons. The van der Waals surface area contributed by atoms with Gasteiger partial charge in [-0.15, -0.1) is 11.3 Å². The Labute approximate surface area is 185 Å². The number of halogens is 3. The second kappa shape index (κ2) is 8.14. The SMILES string of the molecule is C[C@H](c1nc(-c2cccc(C(F)(F)F)c2)no1)N1CCN(c2ncnc3sccc23)CC1. The fourth-order valence-electron chi connectivity index (χ4n) is 3.86. The highest BCUT2D eigenvalue weighted by molar-refractivity contribution is 7.16. The van der Waals surface area contributed by atoms with E-state index in [0.717, 1.165) is 54.3 Å². The Kier molecular flexibility index (Phi) is 5.30. The lowest BCUT2D eigenvalue weighted by atomic mass is 10.1. The van der Waals surface area contributed by atoms with Crippen LogP contribution in [0.25, 0.3) is 21.6 Å². The lowest BCUT2D eigenvalue weighted by Crippen LogP contribution is -2.47. The van der Waals surface area contributed by atoms with Crippen LogP contribution in [0.4, 0.5) is 19.0 Å². The van der Waals surface area contributed by atoms with Crippen LogP contribution in [-0.2, 0) is 6.18 Å². The summed E-state index contributed by atoms with van der Waals surface area (Å²) in [5.41, 5.74) is -0.467. The van der Waals surface area contributed by atoms with Crippen LogP contribution in [0, 0.1) is 0 Å². The molecule has 0 aliphatic carbocycles. The molecule has 5 rings (SSSR count). The molecule has 4 aromatic rings. The van der Waals surface area contributed by atoms with Crippen molar-refractivity contribution in [3.8, 4) is 11.4 Å². The predicted molar refractivity (Wildman–Crippen MR) is 114 cm³/mol. The van der Waals surface area contributed by atoms with Crippen LogP contribution in [0.5, 0.6) is 0 Å². The van der Waals surface area contributed by atoms with Gasteiger partial charge in [-0.3, -0.25) is 4.90 Å². The number of alkyl halides is 3. The standard InChI is InChI=1S/C21H19F3N6OS/c1-13(19-27-17(28-31-19)14-3-2-4-15(11-14)21(22,23)24)29-6-8-30(9-7-29)18-16-5-10-32-20(16)26-12-25-18/h2-5,10-13H,6-9H2,1H3/t13-/m1/s1. The number of piperazine rings is 1. The Morgan fingerprint density at radius 1 is 1.09 bits per heavy atom. The van der Waals surface area contributed by atoms with Crippen molar-refractivity contribution in [2.75, 3.05) is 31.1 Å². The summed E-state index contributed by atoms with van der Waals surface area (Å²) >= 11 is 1.59. The molecule has 7 nitrogen and oxygen atoms in total. The zero-order valence-electron chi connectivity index (χ0n) is 17.1. The minimum Gasteiger partial charge on any atom is -0.353 e. The van der Waals surface area contributed by atoms with E-state index in [0.29, 0.717) is 5.89 Å². The molecule has 0 amide bonds. The molecular formula is C21H19F3N6OS. The zero-order chi connectivity index (χ0) is 22.3. The molecular weight excluding hydrogens is 441 g/mol. The van der Waals surface area contributed by atoms with Gasteiger partial charge in [0.2, 0.25) is 11.7 Å². The van der Waals surface area contributed by atoms with Gasteiger partial charge >= 0.3 is 6.18 Å². The summed E-state index contributed by atoms with van der Waals surface area (Å²) in [6.07, 6.45) is -2.83. The van der Waals surface area contributed by atoms with E-state index in [1.165, 1.54) is 6.07 Å². The van der Waals surface area contributed by atoms with E-state index >= 15 is 0 Å². The lowest BCUT2D eigenvalue weighted by molar-refractivity contribution is -0.137. The van der Waals surface area contributed by atoms with Crippen LogP contribution < -0.4 is 4.90 Å². The van der Waals surface area contributed by atoms with E-state index < -0.39 is 11.7 Å². The summed E-state index contributed by atoms with van der Waals surface area (Å²) in [5, 5.41) is 6.98. The first-order chi connectivity index (χ1) is 15.4. The maximum Gasteiger partial charge on any atom is 0.416 e. The van der Waals surface area contributed by atoms with Gasteiger partial charge in [0.15, 0.2) is 0 Å². The molecule has 1 aromatic carbocycles. The Hall–Kier alpha value is -3.05. The zero-order valence-corrected chi connectivity index (χ0v) is 17.9. The van der Waals surface area contributed by atoms with Gasteiger partial charge in [-0.25, -0.2) is 9.97 Å². The number of hydrogen-bond donors (Lipinski definition) is 0. The Morgan fingerprint density at radius 3 is 2.69 bits per heavy atom. The first-order valence-corrected chi connectivity index (χ1v) is 11.0. The molecule has 1 aliphatic heterocycles. The van der Waals surface area contributed by atoms with Gasteiger partial charge < -0.3 is 9.42 Å².